The zero-order valence-electron chi connectivity index (χ0n) is 9.49. The molecule has 0 aliphatic carbocycles. The third-order valence-corrected chi connectivity index (χ3v) is 2.98. The fourth-order valence-electron chi connectivity index (χ4n) is 1.51. The predicted octanol–water partition coefficient (Wildman–Crippen LogP) is 1.90. The topological polar surface area (TPSA) is 34.0 Å². The molecule has 0 unspecified atom stereocenters. The fraction of sp³-hybridized carbons (Fsp3) is 0.800. The Morgan fingerprint density at radius 3 is 2.87 bits per heavy atom. The number of halogens is 1. The van der Waals surface area contributed by atoms with Gasteiger partial charge in [-0.1, -0.05) is 22.9 Å². The zero-order valence-corrected chi connectivity index (χ0v) is 11.1. The molecule has 1 rings (SSSR count). The molecular formula is C10H19BrN4. The highest BCUT2D eigenvalue weighted by Gasteiger charge is 2.08. The first-order valence-corrected chi connectivity index (χ1v) is 6.59. The first-order valence-electron chi connectivity index (χ1n) is 5.46. The summed E-state index contributed by atoms with van der Waals surface area (Å²) < 4.78 is 1.96. The molecule has 0 saturated heterocycles. The van der Waals surface area contributed by atoms with E-state index in [1.54, 1.807) is 6.33 Å². The number of hydrogen-bond acceptors (Lipinski definition) is 3. The molecule has 0 amide bonds. The van der Waals surface area contributed by atoms with Crippen LogP contribution in [0.25, 0.3) is 0 Å². The summed E-state index contributed by atoms with van der Waals surface area (Å²) in [6.07, 6.45) is 2.81. The van der Waals surface area contributed by atoms with Gasteiger partial charge >= 0.3 is 0 Å². The molecule has 0 N–H and O–H groups in total. The minimum Gasteiger partial charge on any atom is -0.296 e. The van der Waals surface area contributed by atoms with Crippen LogP contribution in [-0.2, 0) is 13.1 Å². The Hall–Kier alpha value is -0.420. The summed E-state index contributed by atoms with van der Waals surface area (Å²) in [4.78, 5) is 6.67. The van der Waals surface area contributed by atoms with E-state index in [1.165, 1.54) is 6.42 Å². The molecule has 1 aromatic heterocycles. The molecule has 1 heterocycles. The van der Waals surface area contributed by atoms with E-state index in [0.717, 1.165) is 37.3 Å². The van der Waals surface area contributed by atoms with Crippen LogP contribution in [0.4, 0.5) is 0 Å². The number of aromatic nitrogens is 3. The smallest absolute Gasteiger partial charge is 0.140 e. The Kier molecular flexibility index (Phi) is 5.86. The lowest BCUT2D eigenvalue weighted by Crippen LogP contribution is -2.26. The fourth-order valence-corrected chi connectivity index (χ4v) is 1.76. The van der Waals surface area contributed by atoms with Crippen LogP contribution < -0.4 is 0 Å². The third kappa shape index (κ3) is 3.91. The highest BCUT2D eigenvalue weighted by Crippen LogP contribution is 2.02. The number of aryl methyl sites for hydroxylation is 1. The van der Waals surface area contributed by atoms with Gasteiger partial charge in [-0.15, -0.1) is 0 Å². The Balaban J connectivity index is 2.50. The first kappa shape index (κ1) is 12.6. The summed E-state index contributed by atoms with van der Waals surface area (Å²) in [6.45, 7) is 8.23. The second-order valence-electron chi connectivity index (χ2n) is 3.40. The zero-order chi connectivity index (χ0) is 11.1. The predicted molar refractivity (Wildman–Crippen MR) is 65.1 cm³/mol. The molecule has 0 radical (unpaired) electrons. The van der Waals surface area contributed by atoms with Crippen molar-refractivity contribution in [2.75, 3.05) is 18.4 Å². The van der Waals surface area contributed by atoms with E-state index in [2.05, 4.69) is 44.8 Å². The van der Waals surface area contributed by atoms with Crippen LogP contribution in [0.5, 0.6) is 0 Å². The minimum absolute atomic E-state index is 0.894. The Bertz CT molecular complexity index is 274. The molecule has 0 aliphatic heterocycles. The van der Waals surface area contributed by atoms with E-state index in [9.17, 15) is 0 Å². The maximum Gasteiger partial charge on any atom is 0.140 e. The molecule has 0 bridgehead atoms. The van der Waals surface area contributed by atoms with E-state index in [1.807, 2.05) is 4.68 Å². The van der Waals surface area contributed by atoms with Crippen molar-refractivity contribution in [2.24, 2.45) is 0 Å². The lowest BCUT2D eigenvalue weighted by molar-refractivity contribution is 0.269. The van der Waals surface area contributed by atoms with Crippen LogP contribution in [0.2, 0.25) is 0 Å². The SMILES string of the molecule is CCN(CCCBr)Cc1ncnn1CC. The molecule has 0 aliphatic rings. The second-order valence-corrected chi connectivity index (χ2v) is 4.20. The molecule has 0 fully saturated rings. The van der Waals surface area contributed by atoms with Gasteiger partial charge in [-0.2, -0.15) is 5.10 Å². The van der Waals surface area contributed by atoms with Gasteiger partial charge in [0.25, 0.3) is 0 Å². The summed E-state index contributed by atoms with van der Waals surface area (Å²) in [6, 6.07) is 0. The number of nitrogens with zero attached hydrogens (tertiary/aromatic N) is 4. The van der Waals surface area contributed by atoms with E-state index >= 15 is 0 Å². The maximum absolute atomic E-state index is 4.28. The Morgan fingerprint density at radius 2 is 2.27 bits per heavy atom. The summed E-state index contributed by atoms with van der Waals surface area (Å²) >= 11 is 3.45. The quantitative estimate of drug-likeness (QED) is 0.713. The van der Waals surface area contributed by atoms with E-state index in [4.69, 9.17) is 0 Å². The average Bonchev–Trinajstić information content (AvgIpc) is 2.71. The van der Waals surface area contributed by atoms with Gasteiger partial charge in [0.05, 0.1) is 6.54 Å². The normalized spacial score (nSPS) is 11.2. The first-order chi connectivity index (χ1) is 7.31. The van der Waals surface area contributed by atoms with Gasteiger partial charge in [0.15, 0.2) is 0 Å². The van der Waals surface area contributed by atoms with Crippen LogP contribution in [0.15, 0.2) is 6.33 Å². The van der Waals surface area contributed by atoms with Crippen molar-refractivity contribution >= 4 is 15.9 Å². The largest absolute Gasteiger partial charge is 0.296 e. The van der Waals surface area contributed by atoms with Gasteiger partial charge in [-0.25, -0.2) is 9.67 Å². The summed E-state index contributed by atoms with van der Waals surface area (Å²) in [5.41, 5.74) is 0. The highest BCUT2D eigenvalue weighted by molar-refractivity contribution is 9.09. The van der Waals surface area contributed by atoms with Gasteiger partial charge in [-0.05, 0) is 26.4 Å². The molecule has 5 heteroatoms. The van der Waals surface area contributed by atoms with E-state index in [0.29, 0.717) is 0 Å². The molecule has 86 valence electrons. The lowest BCUT2D eigenvalue weighted by Gasteiger charge is -2.19. The van der Waals surface area contributed by atoms with E-state index < -0.39 is 0 Å². The van der Waals surface area contributed by atoms with Gasteiger partial charge in [0.1, 0.15) is 12.2 Å². The lowest BCUT2D eigenvalue weighted by atomic mass is 10.4. The average molecular weight is 275 g/mol. The van der Waals surface area contributed by atoms with Gasteiger partial charge in [0, 0.05) is 11.9 Å². The van der Waals surface area contributed by atoms with Crippen LogP contribution in [0.1, 0.15) is 26.1 Å². The molecule has 1 aromatic rings. The van der Waals surface area contributed by atoms with Crippen LogP contribution in [-0.4, -0.2) is 38.1 Å². The van der Waals surface area contributed by atoms with Crippen LogP contribution in [0.3, 0.4) is 0 Å². The van der Waals surface area contributed by atoms with Crippen LogP contribution >= 0.6 is 15.9 Å². The molecule has 0 aromatic carbocycles. The van der Waals surface area contributed by atoms with Crippen molar-refractivity contribution in [1.82, 2.24) is 19.7 Å². The van der Waals surface area contributed by atoms with Crippen molar-refractivity contribution in [3.05, 3.63) is 12.2 Å². The standard InChI is InChI=1S/C10H19BrN4/c1-3-14(7-5-6-11)8-10-12-9-13-15(10)4-2/h9H,3-8H2,1-2H3. The van der Waals surface area contributed by atoms with Crippen molar-refractivity contribution in [3.63, 3.8) is 0 Å². The monoisotopic (exact) mass is 274 g/mol. The molecule has 0 spiro atoms. The van der Waals surface area contributed by atoms with Gasteiger partial charge < -0.3 is 0 Å². The van der Waals surface area contributed by atoms with Crippen molar-refractivity contribution in [2.45, 2.75) is 33.4 Å². The van der Waals surface area contributed by atoms with Gasteiger partial charge in [0.2, 0.25) is 0 Å². The summed E-state index contributed by atoms with van der Waals surface area (Å²) in [7, 11) is 0. The third-order valence-electron chi connectivity index (χ3n) is 2.42. The highest BCUT2D eigenvalue weighted by atomic mass is 79.9. The van der Waals surface area contributed by atoms with Crippen molar-refractivity contribution < 1.29 is 0 Å². The van der Waals surface area contributed by atoms with Gasteiger partial charge in [-0.3, -0.25) is 4.90 Å². The molecular weight excluding hydrogens is 256 g/mol. The number of rotatable bonds is 7. The number of hydrogen-bond donors (Lipinski definition) is 0. The minimum atomic E-state index is 0.894. The Labute approximate surface area is 99.8 Å². The molecule has 0 saturated carbocycles. The van der Waals surface area contributed by atoms with Crippen LogP contribution in [0, 0.1) is 0 Å². The maximum atomic E-state index is 4.28. The molecule has 4 nitrogen and oxygen atoms in total. The van der Waals surface area contributed by atoms with Crippen molar-refractivity contribution in [1.29, 1.82) is 0 Å². The molecule has 0 atom stereocenters. The Morgan fingerprint density at radius 1 is 1.47 bits per heavy atom. The second kappa shape index (κ2) is 6.95. The van der Waals surface area contributed by atoms with Crippen molar-refractivity contribution in [3.8, 4) is 0 Å². The molecule has 15 heavy (non-hydrogen) atoms. The summed E-state index contributed by atoms with van der Waals surface area (Å²) in [5.74, 6) is 1.06. The van der Waals surface area contributed by atoms with E-state index in [-0.39, 0.29) is 0 Å². The number of alkyl halides is 1. The summed E-state index contributed by atoms with van der Waals surface area (Å²) in [5, 5.41) is 5.23.